The Balaban J connectivity index is 1.49. The van der Waals surface area contributed by atoms with Gasteiger partial charge in [-0.25, -0.2) is 4.98 Å². The normalized spacial score (nSPS) is 10.9. The maximum Gasteiger partial charge on any atom is 0.118 e. The van der Waals surface area contributed by atoms with Gasteiger partial charge in [-0.05, 0) is 29.8 Å². The minimum absolute atomic E-state index is 0.870. The third kappa shape index (κ3) is 3.60. The molecule has 0 bridgehead atoms. The first-order valence-corrected chi connectivity index (χ1v) is 7.85. The molecule has 1 N–H and O–H groups in total. The van der Waals surface area contributed by atoms with Crippen molar-refractivity contribution in [1.29, 1.82) is 0 Å². The van der Waals surface area contributed by atoms with E-state index in [4.69, 9.17) is 4.74 Å². The van der Waals surface area contributed by atoms with Gasteiger partial charge in [0, 0.05) is 19.5 Å². The van der Waals surface area contributed by atoms with Crippen LogP contribution in [-0.4, -0.2) is 18.6 Å². The quantitative estimate of drug-likeness (QED) is 0.706. The summed E-state index contributed by atoms with van der Waals surface area (Å²) in [6.07, 6.45) is 0.968. The van der Waals surface area contributed by atoms with Crippen molar-refractivity contribution in [3.63, 3.8) is 0 Å². The molecule has 3 nitrogen and oxygen atoms in total. The summed E-state index contributed by atoms with van der Waals surface area (Å²) in [7, 11) is 1.69. The molecule has 3 rings (SSSR count). The van der Waals surface area contributed by atoms with Crippen LogP contribution >= 0.6 is 11.3 Å². The molecular weight excluding hydrogens is 280 g/mol. The summed E-state index contributed by atoms with van der Waals surface area (Å²) >= 11 is 1.78. The Hall–Kier alpha value is -1.91. The Labute approximate surface area is 128 Å². The van der Waals surface area contributed by atoms with Gasteiger partial charge in [0.15, 0.2) is 0 Å². The second kappa shape index (κ2) is 6.70. The number of aromatic nitrogens is 1. The maximum absolute atomic E-state index is 5.15. The van der Waals surface area contributed by atoms with E-state index < -0.39 is 0 Å². The lowest BCUT2D eigenvalue weighted by Gasteiger charge is -2.05. The zero-order valence-corrected chi connectivity index (χ0v) is 12.8. The van der Waals surface area contributed by atoms with Crippen LogP contribution in [0.3, 0.4) is 0 Å². The van der Waals surface area contributed by atoms with Gasteiger partial charge in [-0.1, -0.05) is 24.3 Å². The standard InChI is InChI=1S/C17H18N2OS/c1-20-14-8-6-13(7-9-14)12-18-11-10-17-19-15-4-2-3-5-16(15)21-17/h2-9,18H,10-12H2,1H3. The zero-order chi connectivity index (χ0) is 14.5. The average molecular weight is 298 g/mol. The van der Waals surface area contributed by atoms with E-state index in [-0.39, 0.29) is 0 Å². The molecule has 1 aromatic heterocycles. The van der Waals surface area contributed by atoms with Crippen LogP contribution in [0.5, 0.6) is 5.75 Å². The molecule has 0 saturated heterocycles. The smallest absolute Gasteiger partial charge is 0.118 e. The number of hydrogen-bond acceptors (Lipinski definition) is 4. The van der Waals surface area contributed by atoms with Crippen molar-refractivity contribution >= 4 is 21.6 Å². The summed E-state index contributed by atoms with van der Waals surface area (Å²) in [5, 5.41) is 4.65. The van der Waals surface area contributed by atoms with E-state index in [1.165, 1.54) is 15.3 Å². The van der Waals surface area contributed by atoms with Crippen LogP contribution < -0.4 is 10.1 Å². The molecule has 0 saturated carbocycles. The third-order valence-electron chi connectivity index (χ3n) is 3.34. The number of thiazole rings is 1. The summed E-state index contributed by atoms with van der Waals surface area (Å²) in [4.78, 5) is 4.64. The fourth-order valence-corrected chi connectivity index (χ4v) is 3.17. The van der Waals surface area contributed by atoms with Gasteiger partial charge in [-0.15, -0.1) is 11.3 Å². The number of ether oxygens (including phenoxy) is 1. The van der Waals surface area contributed by atoms with Crippen molar-refractivity contribution in [2.24, 2.45) is 0 Å². The molecule has 3 aromatic rings. The number of benzene rings is 2. The molecule has 0 aliphatic heterocycles. The Morgan fingerprint density at radius 1 is 1.10 bits per heavy atom. The van der Waals surface area contributed by atoms with Crippen molar-refractivity contribution in [3.8, 4) is 5.75 Å². The highest BCUT2D eigenvalue weighted by atomic mass is 32.1. The highest BCUT2D eigenvalue weighted by Crippen LogP contribution is 2.21. The number of methoxy groups -OCH3 is 1. The Bertz CT molecular complexity index is 673. The molecule has 108 valence electrons. The monoisotopic (exact) mass is 298 g/mol. The van der Waals surface area contributed by atoms with Crippen LogP contribution in [0.25, 0.3) is 10.2 Å². The summed E-state index contributed by atoms with van der Waals surface area (Å²) in [6, 6.07) is 16.4. The third-order valence-corrected chi connectivity index (χ3v) is 4.44. The van der Waals surface area contributed by atoms with Gasteiger partial charge >= 0.3 is 0 Å². The number of fused-ring (bicyclic) bond motifs is 1. The summed E-state index contributed by atoms with van der Waals surface area (Å²) in [5.41, 5.74) is 2.37. The molecule has 0 amide bonds. The first kappa shape index (κ1) is 14.0. The lowest BCUT2D eigenvalue weighted by atomic mass is 10.2. The molecule has 2 aromatic carbocycles. The first-order chi connectivity index (χ1) is 10.3. The van der Waals surface area contributed by atoms with Crippen LogP contribution in [0.2, 0.25) is 0 Å². The van der Waals surface area contributed by atoms with Crippen molar-refractivity contribution in [3.05, 3.63) is 59.1 Å². The second-order valence-corrected chi connectivity index (χ2v) is 5.97. The van der Waals surface area contributed by atoms with E-state index in [0.29, 0.717) is 0 Å². The largest absolute Gasteiger partial charge is 0.497 e. The molecule has 0 atom stereocenters. The summed E-state index contributed by atoms with van der Waals surface area (Å²) in [5.74, 6) is 0.897. The van der Waals surface area contributed by atoms with Crippen LogP contribution in [0.15, 0.2) is 48.5 Å². The van der Waals surface area contributed by atoms with Crippen LogP contribution in [0, 0.1) is 0 Å². The van der Waals surface area contributed by atoms with Crippen molar-refractivity contribution in [1.82, 2.24) is 10.3 Å². The number of para-hydroxylation sites is 1. The van der Waals surface area contributed by atoms with Gasteiger partial charge < -0.3 is 10.1 Å². The van der Waals surface area contributed by atoms with E-state index in [2.05, 4.69) is 40.6 Å². The Morgan fingerprint density at radius 2 is 1.90 bits per heavy atom. The van der Waals surface area contributed by atoms with Gasteiger partial charge in [0.1, 0.15) is 5.75 Å². The van der Waals surface area contributed by atoms with Crippen LogP contribution in [0.4, 0.5) is 0 Å². The topological polar surface area (TPSA) is 34.1 Å². The van der Waals surface area contributed by atoms with E-state index in [0.717, 1.165) is 30.8 Å². The Kier molecular flexibility index (Phi) is 4.48. The second-order valence-electron chi connectivity index (χ2n) is 4.85. The molecule has 0 aliphatic rings. The van der Waals surface area contributed by atoms with Gasteiger partial charge in [-0.2, -0.15) is 0 Å². The van der Waals surface area contributed by atoms with Gasteiger partial charge in [0.25, 0.3) is 0 Å². The highest BCUT2D eigenvalue weighted by molar-refractivity contribution is 7.18. The van der Waals surface area contributed by atoms with E-state index >= 15 is 0 Å². The Morgan fingerprint density at radius 3 is 2.67 bits per heavy atom. The van der Waals surface area contributed by atoms with Gasteiger partial charge in [0.2, 0.25) is 0 Å². The first-order valence-electron chi connectivity index (χ1n) is 7.03. The number of rotatable bonds is 6. The van der Waals surface area contributed by atoms with Crippen LogP contribution in [0.1, 0.15) is 10.6 Å². The highest BCUT2D eigenvalue weighted by Gasteiger charge is 2.02. The summed E-state index contributed by atoms with van der Waals surface area (Å²) in [6.45, 7) is 1.81. The van der Waals surface area contributed by atoms with Gasteiger partial charge in [-0.3, -0.25) is 0 Å². The van der Waals surface area contributed by atoms with Crippen LogP contribution in [-0.2, 0) is 13.0 Å². The summed E-state index contributed by atoms with van der Waals surface area (Å²) < 4.78 is 6.42. The fourth-order valence-electron chi connectivity index (χ4n) is 2.20. The van der Waals surface area contributed by atoms with Gasteiger partial charge in [0.05, 0.1) is 22.3 Å². The number of hydrogen-bond donors (Lipinski definition) is 1. The molecule has 0 unspecified atom stereocenters. The molecule has 0 aliphatic carbocycles. The lowest BCUT2D eigenvalue weighted by molar-refractivity contribution is 0.414. The molecule has 1 heterocycles. The molecule has 0 radical (unpaired) electrons. The molecule has 4 heteroatoms. The minimum Gasteiger partial charge on any atom is -0.497 e. The number of nitrogens with zero attached hydrogens (tertiary/aromatic N) is 1. The molecule has 0 spiro atoms. The van der Waals surface area contributed by atoms with E-state index in [9.17, 15) is 0 Å². The lowest BCUT2D eigenvalue weighted by Crippen LogP contribution is -2.16. The maximum atomic E-state index is 5.15. The predicted molar refractivity (Wildman–Crippen MR) is 88.0 cm³/mol. The fraction of sp³-hybridized carbons (Fsp3) is 0.235. The zero-order valence-electron chi connectivity index (χ0n) is 12.0. The molecule has 0 fully saturated rings. The molecular formula is C17H18N2OS. The van der Waals surface area contributed by atoms with E-state index in [1.54, 1.807) is 18.4 Å². The van der Waals surface area contributed by atoms with Crippen molar-refractivity contribution in [2.75, 3.05) is 13.7 Å². The van der Waals surface area contributed by atoms with Crippen molar-refractivity contribution in [2.45, 2.75) is 13.0 Å². The molecule has 21 heavy (non-hydrogen) atoms. The average Bonchev–Trinajstić information content (AvgIpc) is 2.95. The number of nitrogens with one attached hydrogen (secondary N) is 1. The van der Waals surface area contributed by atoms with E-state index in [1.807, 2.05) is 18.2 Å². The minimum atomic E-state index is 0.870. The van der Waals surface area contributed by atoms with Crippen molar-refractivity contribution < 1.29 is 4.74 Å². The SMILES string of the molecule is COc1ccc(CNCCc2nc3ccccc3s2)cc1. The predicted octanol–water partition coefficient (Wildman–Crippen LogP) is 3.64.